The number of hydrogen-bond acceptors (Lipinski definition) is 4. The Bertz CT molecular complexity index is 1180. The fourth-order valence-electron chi connectivity index (χ4n) is 5.91. The SMILES string of the molecule is O=C(NCCc1cnc[nH]1)c1ccc(CNC(=O)c2cccc(C3(N4CCCC4)CCCCC3)c2)cc1. The van der Waals surface area contributed by atoms with Crippen molar-refractivity contribution in [2.45, 2.75) is 63.5 Å². The average molecular weight is 500 g/mol. The molecule has 0 radical (unpaired) electrons. The van der Waals surface area contributed by atoms with Crippen molar-refractivity contribution >= 4 is 11.8 Å². The Hall–Kier alpha value is -3.45. The highest BCUT2D eigenvalue weighted by molar-refractivity contribution is 5.95. The van der Waals surface area contributed by atoms with Crippen molar-refractivity contribution in [3.05, 3.63) is 89.0 Å². The van der Waals surface area contributed by atoms with Crippen LogP contribution >= 0.6 is 0 Å². The molecule has 0 unspecified atom stereocenters. The second-order valence-corrected chi connectivity index (χ2v) is 10.3. The van der Waals surface area contributed by atoms with Gasteiger partial charge < -0.3 is 15.6 Å². The van der Waals surface area contributed by atoms with Crippen LogP contribution in [0.25, 0.3) is 0 Å². The maximum Gasteiger partial charge on any atom is 0.251 e. The predicted octanol–water partition coefficient (Wildman–Crippen LogP) is 4.57. The van der Waals surface area contributed by atoms with Crippen molar-refractivity contribution in [3.63, 3.8) is 0 Å². The van der Waals surface area contributed by atoms with Crippen LogP contribution in [0.1, 0.15) is 82.5 Å². The molecule has 1 saturated carbocycles. The molecule has 1 saturated heterocycles. The van der Waals surface area contributed by atoms with E-state index in [0.29, 0.717) is 25.1 Å². The third-order valence-electron chi connectivity index (χ3n) is 7.96. The minimum absolute atomic E-state index is 0.0603. The van der Waals surface area contributed by atoms with Gasteiger partial charge in [0.1, 0.15) is 0 Å². The maximum absolute atomic E-state index is 13.1. The van der Waals surface area contributed by atoms with Gasteiger partial charge in [-0.05, 0) is 74.2 Å². The van der Waals surface area contributed by atoms with E-state index in [1.54, 1.807) is 24.7 Å². The summed E-state index contributed by atoms with van der Waals surface area (Å²) in [6.07, 6.45) is 12.8. The number of nitrogens with one attached hydrogen (secondary N) is 3. The van der Waals surface area contributed by atoms with E-state index in [-0.39, 0.29) is 17.4 Å². The van der Waals surface area contributed by atoms with Crippen LogP contribution in [-0.2, 0) is 18.5 Å². The van der Waals surface area contributed by atoms with Crippen molar-refractivity contribution in [2.24, 2.45) is 0 Å². The largest absolute Gasteiger partial charge is 0.352 e. The van der Waals surface area contributed by atoms with Gasteiger partial charge >= 0.3 is 0 Å². The van der Waals surface area contributed by atoms with E-state index in [4.69, 9.17) is 0 Å². The summed E-state index contributed by atoms with van der Waals surface area (Å²) in [5.41, 5.74) is 4.65. The van der Waals surface area contributed by atoms with Gasteiger partial charge in [0.2, 0.25) is 0 Å². The minimum atomic E-state index is -0.110. The van der Waals surface area contributed by atoms with E-state index in [0.717, 1.165) is 29.9 Å². The number of imidazole rings is 1. The molecule has 2 fully saturated rings. The molecule has 194 valence electrons. The van der Waals surface area contributed by atoms with Crippen molar-refractivity contribution in [3.8, 4) is 0 Å². The summed E-state index contributed by atoms with van der Waals surface area (Å²) in [6, 6.07) is 15.7. The molecule has 2 aromatic carbocycles. The summed E-state index contributed by atoms with van der Waals surface area (Å²) in [5.74, 6) is -0.170. The van der Waals surface area contributed by atoms with E-state index in [9.17, 15) is 9.59 Å². The van der Waals surface area contributed by atoms with Crippen LogP contribution in [-0.4, -0.2) is 46.3 Å². The van der Waals surface area contributed by atoms with Crippen LogP contribution in [0.2, 0.25) is 0 Å². The van der Waals surface area contributed by atoms with Gasteiger partial charge in [-0.25, -0.2) is 4.98 Å². The number of hydrogen-bond donors (Lipinski definition) is 3. The van der Waals surface area contributed by atoms with E-state index >= 15 is 0 Å². The second kappa shape index (κ2) is 11.7. The van der Waals surface area contributed by atoms with E-state index in [1.165, 1.54) is 50.5 Å². The highest BCUT2D eigenvalue weighted by Crippen LogP contribution is 2.44. The lowest BCUT2D eigenvalue weighted by Gasteiger charge is -2.45. The van der Waals surface area contributed by atoms with Gasteiger partial charge in [-0.15, -0.1) is 0 Å². The molecule has 2 aliphatic rings. The van der Waals surface area contributed by atoms with E-state index < -0.39 is 0 Å². The highest BCUT2D eigenvalue weighted by Gasteiger charge is 2.40. The number of nitrogens with zero attached hydrogens (tertiary/aromatic N) is 2. The summed E-state index contributed by atoms with van der Waals surface area (Å²) >= 11 is 0. The average Bonchev–Trinajstić information content (AvgIpc) is 3.68. The lowest BCUT2D eigenvalue weighted by Crippen LogP contribution is -2.46. The fraction of sp³-hybridized carbons (Fsp3) is 0.433. The van der Waals surface area contributed by atoms with Gasteiger partial charge in [-0.1, -0.05) is 43.5 Å². The first-order chi connectivity index (χ1) is 18.1. The van der Waals surface area contributed by atoms with Crippen molar-refractivity contribution in [2.75, 3.05) is 19.6 Å². The smallest absolute Gasteiger partial charge is 0.251 e. The molecule has 0 atom stereocenters. The first kappa shape index (κ1) is 25.2. The molecule has 0 spiro atoms. The van der Waals surface area contributed by atoms with Crippen LogP contribution in [0.3, 0.4) is 0 Å². The normalized spacial score (nSPS) is 17.4. The Balaban J connectivity index is 1.17. The molecule has 5 rings (SSSR count). The number of benzene rings is 2. The molecular weight excluding hydrogens is 462 g/mol. The Morgan fingerprint density at radius 1 is 0.892 bits per heavy atom. The van der Waals surface area contributed by atoms with Crippen molar-refractivity contribution in [1.82, 2.24) is 25.5 Å². The Morgan fingerprint density at radius 3 is 2.38 bits per heavy atom. The molecular formula is C30H37N5O2. The predicted molar refractivity (Wildman–Crippen MR) is 144 cm³/mol. The van der Waals surface area contributed by atoms with E-state index in [2.05, 4.69) is 37.6 Å². The topological polar surface area (TPSA) is 90.1 Å². The molecule has 1 aliphatic carbocycles. The number of carbonyl (C=O) groups excluding carboxylic acids is 2. The summed E-state index contributed by atoms with van der Waals surface area (Å²) in [7, 11) is 0. The number of aromatic amines is 1. The van der Waals surface area contributed by atoms with Gasteiger partial charge in [-0.2, -0.15) is 0 Å². The molecule has 3 N–H and O–H groups in total. The van der Waals surface area contributed by atoms with Crippen LogP contribution in [0.5, 0.6) is 0 Å². The zero-order valence-electron chi connectivity index (χ0n) is 21.5. The zero-order chi connectivity index (χ0) is 25.5. The Morgan fingerprint density at radius 2 is 1.65 bits per heavy atom. The Labute approximate surface area is 219 Å². The first-order valence-electron chi connectivity index (χ1n) is 13.6. The molecule has 7 nitrogen and oxygen atoms in total. The van der Waals surface area contributed by atoms with Crippen molar-refractivity contribution in [1.29, 1.82) is 0 Å². The van der Waals surface area contributed by atoms with Crippen molar-refractivity contribution < 1.29 is 9.59 Å². The molecule has 3 aromatic rings. The summed E-state index contributed by atoms with van der Waals surface area (Å²) in [5, 5.41) is 5.99. The molecule has 1 aromatic heterocycles. The van der Waals surface area contributed by atoms with Gasteiger partial charge in [0.25, 0.3) is 11.8 Å². The lowest BCUT2D eigenvalue weighted by molar-refractivity contribution is 0.0704. The van der Waals surface area contributed by atoms with Crippen LogP contribution in [0.15, 0.2) is 61.1 Å². The van der Waals surface area contributed by atoms with Gasteiger partial charge in [0.15, 0.2) is 0 Å². The number of carbonyl (C=O) groups is 2. The van der Waals surface area contributed by atoms with Crippen LogP contribution in [0, 0.1) is 0 Å². The molecule has 0 bridgehead atoms. The van der Waals surface area contributed by atoms with Gasteiger partial charge in [-0.3, -0.25) is 14.5 Å². The van der Waals surface area contributed by atoms with Crippen LogP contribution < -0.4 is 10.6 Å². The lowest BCUT2D eigenvalue weighted by atomic mass is 9.75. The third kappa shape index (κ3) is 5.93. The number of amides is 2. The fourth-order valence-corrected chi connectivity index (χ4v) is 5.91. The monoisotopic (exact) mass is 499 g/mol. The summed E-state index contributed by atoms with van der Waals surface area (Å²) in [6.45, 7) is 3.28. The highest BCUT2D eigenvalue weighted by atomic mass is 16.2. The number of likely N-dealkylation sites (tertiary alicyclic amines) is 1. The van der Waals surface area contributed by atoms with Gasteiger partial charge in [0.05, 0.1) is 6.33 Å². The maximum atomic E-state index is 13.1. The number of aromatic nitrogens is 2. The molecule has 1 aliphatic heterocycles. The third-order valence-corrected chi connectivity index (χ3v) is 7.96. The molecule has 7 heteroatoms. The number of rotatable bonds is 9. The van der Waals surface area contributed by atoms with E-state index in [1.807, 2.05) is 24.3 Å². The molecule has 2 amide bonds. The summed E-state index contributed by atoms with van der Waals surface area (Å²) < 4.78 is 0. The summed E-state index contributed by atoms with van der Waals surface area (Å²) in [4.78, 5) is 35.2. The second-order valence-electron chi connectivity index (χ2n) is 10.3. The molecule has 37 heavy (non-hydrogen) atoms. The minimum Gasteiger partial charge on any atom is -0.352 e. The standard InChI is InChI=1S/C30H37N5O2/c36-28(32-16-13-27-21-31-22-34-27)24-11-9-23(10-12-24)20-33-29(37)25-7-6-8-26(19-25)30(14-2-1-3-15-30)35-17-4-5-18-35/h6-12,19,21-22H,1-5,13-18,20H2,(H,31,34)(H,32,36)(H,33,37). The Kier molecular flexibility index (Phi) is 7.99. The quantitative estimate of drug-likeness (QED) is 0.402. The van der Waals surface area contributed by atoms with Crippen LogP contribution in [0.4, 0.5) is 0 Å². The molecule has 2 heterocycles. The number of H-pyrrole nitrogens is 1. The van der Waals surface area contributed by atoms with Gasteiger partial charge in [0, 0.05) is 48.1 Å². The zero-order valence-corrected chi connectivity index (χ0v) is 21.5. The first-order valence-corrected chi connectivity index (χ1v) is 13.6.